The maximum atomic E-state index is 5.33. The highest BCUT2D eigenvalue weighted by Crippen LogP contribution is 2.39. The van der Waals surface area contributed by atoms with Crippen LogP contribution < -0.4 is 19.5 Å². The lowest BCUT2D eigenvalue weighted by Crippen LogP contribution is -2.12. The van der Waals surface area contributed by atoms with Gasteiger partial charge in [0.05, 0.1) is 21.3 Å². The van der Waals surface area contributed by atoms with Crippen molar-refractivity contribution in [2.45, 2.75) is 26.7 Å². The molecule has 0 atom stereocenters. The summed E-state index contributed by atoms with van der Waals surface area (Å²) in [5.41, 5.74) is 0.987. The number of nitrogens with one attached hydrogen (secondary N) is 1. The normalized spacial score (nSPS) is 10.4. The summed E-state index contributed by atoms with van der Waals surface area (Å²) in [5, 5.41) is 3.43. The van der Waals surface area contributed by atoms with Crippen molar-refractivity contribution in [3.63, 3.8) is 0 Å². The van der Waals surface area contributed by atoms with Gasteiger partial charge in [-0.3, -0.25) is 0 Å². The lowest BCUT2D eigenvalue weighted by molar-refractivity contribution is 0.324. The standard InChI is InChI=1S/C15H25NO3/c1-6-11(7-2)10-16-12-8-13(17-3)15(19-5)14(9-12)18-4/h8-9,11,16H,6-7,10H2,1-5H3. The molecule has 1 N–H and O–H groups in total. The molecule has 0 aliphatic rings. The third kappa shape index (κ3) is 3.94. The van der Waals surface area contributed by atoms with Gasteiger partial charge in [0.25, 0.3) is 0 Å². The van der Waals surface area contributed by atoms with Crippen LogP contribution in [0.3, 0.4) is 0 Å². The Balaban J connectivity index is 2.90. The molecule has 0 saturated heterocycles. The SMILES string of the molecule is CCC(CC)CNc1cc(OC)c(OC)c(OC)c1. The zero-order valence-electron chi connectivity index (χ0n) is 12.6. The molecule has 0 heterocycles. The molecule has 0 aliphatic heterocycles. The van der Waals surface area contributed by atoms with Crippen molar-refractivity contribution in [1.82, 2.24) is 0 Å². The minimum absolute atomic E-state index is 0.623. The number of anilines is 1. The van der Waals surface area contributed by atoms with Crippen LogP contribution >= 0.6 is 0 Å². The van der Waals surface area contributed by atoms with E-state index in [0.29, 0.717) is 23.2 Å². The van der Waals surface area contributed by atoms with Gasteiger partial charge in [-0.2, -0.15) is 0 Å². The van der Waals surface area contributed by atoms with E-state index in [9.17, 15) is 0 Å². The monoisotopic (exact) mass is 267 g/mol. The quantitative estimate of drug-likeness (QED) is 0.781. The smallest absolute Gasteiger partial charge is 0.203 e. The van der Waals surface area contributed by atoms with Crippen LogP contribution in [-0.2, 0) is 0 Å². The zero-order chi connectivity index (χ0) is 14.3. The van der Waals surface area contributed by atoms with E-state index in [-0.39, 0.29) is 0 Å². The highest BCUT2D eigenvalue weighted by atomic mass is 16.5. The lowest BCUT2D eigenvalue weighted by Gasteiger charge is -2.17. The fourth-order valence-corrected chi connectivity index (χ4v) is 2.02. The van der Waals surface area contributed by atoms with Gasteiger partial charge in [-0.05, 0) is 5.92 Å². The first-order valence-corrected chi connectivity index (χ1v) is 6.73. The van der Waals surface area contributed by atoms with E-state index in [0.717, 1.165) is 12.2 Å². The first kappa shape index (κ1) is 15.5. The molecule has 1 aromatic rings. The van der Waals surface area contributed by atoms with Crippen molar-refractivity contribution < 1.29 is 14.2 Å². The molecule has 4 heteroatoms. The second-order valence-corrected chi connectivity index (χ2v) is 4.48. The van der Waals surface area contributed by atoms with Crippen LogP contribution in [0.15, 0.2) is 12.1 Å². The molecule has 0 fully saturated rings. The Morgan fingerprint density at radius 3 is 1.84 bits per heavy atom. The Hall–Kier alpha value is -1.58. The molecule has 0 saturated carbocycles. The van der Waals surface area contributed by atoms with Crippen LogP contribution in [0.5, 0.6) is 17.2 Å². The van der Waals surface area contributed by atoms with Gasteiger partial charge < -0.3 is 19.5 Å². The summed E-state index contributed by atoms with van der Waals surface area (Å²) in [6, 6.07) is 3.87. The molecule has 0 unspecified atom stereocenters. The second-order valence-electron chi connectivity index (χ2n) is 4.48. The van der Waals surface area contributed by atoms with E-state index in [1.54, 1.807) is 21.3 Å². The number of hydrogen-bond donors (Lipinski definition) is 1. The van der Waals surface area contributed by atoms with Crippen LogP contribution in [0.1, 0.15) is 26.7 Å². The van der Waals surface area contributed by atoms with E-state index in [4.69, 9.17) is 14.2 Å². The zero-order valence-corrected chi connectivity index (χ0v) is 12.6. The van der Waals surface area contributed by atoms with Gasteiger partial charge in [-0.15, -0.1) is 0 Å². The molecule has 19 heavy (non-hydrogen) atoms. The first-order chi connectivity index (χ1) is 9.19. The molecule has 1 aromatic carbocycles. The van der Waals surface area contributed by atoms with Crippen molar-refractivity contribution in [2.75, 3.05) is 33.2 Å². The summed E-state index contributed by atoms with van der Waals surface area (Å²) in [5.74, 6) is 2.65. The number of ether oxygens (including phenoxy) is 3. The molecule has 4 nitrogen and oxygen atoms in total. The molecule has 0 amide bonds. The Labute approximate surface area is 116 Å². The maximum Gasteiger partial charge on any atom is 0.203 e. The molecular formula is C15H25NO3. The van der Waals surface area contributed by atoms with Crippen LogP contribution in [0, 0.1) is 5.92 Å². The van der Waals surface area contributed by atoms with Crippen molar-refractivity contribution in [3.8, 4) is 17.2 Å². The second kappa shape index (κ2) is 7.77. The van der Waals surface area contributed by atoms with Crippen molar-refractivity contribution >= 4 is 5.69 Å². The van der Waals surface area contributed by atoms with Gasteiger partial charge in [0.1, 0.15) is 0 Å². The average molecular weight is 267 g/mol. The van der Waals surface area contributed by atoms with Gasteiger partial charge in [0, 0.05) is 24.4 Å². The van der Waals surface area contributed by atoms with E-state index in [1.807, 2.05) is 12.1 Å². The molecule has 0 aliphatic carbocycles. The third-order valence-corrected chi connectivity index (χ3v) is 3.41. The van der Waals surface area contributed by atoms with Gasteiger partial charge in [0.2, 0.25) is 5.75 Å². The number of benzene rings is 1. The molecule has 0 bridgehead atoms. The van der Waals surface area contributed by atoms with E-state index >= 15 is 0 Å². The Bertz CT molecular complexity index is 364. The summed E-state index contributed by atoms with van der Waals surface area (Å²) in [6.45, 7) is 5.38. The number of rotatable bonds is 8. The molecule has 108 valence electrons. The molecule has 0 aromatic heterocycles. The van der Waals surface area contributed by atoms with E-state index in [1.165, 1.54) is 12.8 Å². The van der Waals surface area contributed by atoms with Crippen molar-refractivity contribution in [3.05, 3.63) is 12.1 Å². The Kier molecular flexibility index (Phi) is 6.33. The topological polar surface area (TPSA) is 39.7 Å². The lowest BCUT2D eigenvalue weighted by atomic mass is 10.0. The number of hydrogen-bond acceptors (Lipinski definition) is 4. The maximum absolute atomic E-state index is 5.33. The van der Waals surface area contributed by atoms with Gasteiger partial charge in [-0.25, -0.2) is 0 Å². The fourth-order valence-electron chi connectivity index (χ4n) is 2.02. The fraction of sp³-hybridized carbons (Fsp3) is 0.600. The van der Waals surface area contributed by atoms with Crippen LogP contribution in [0.25, 0.3) is 0 Å². The van der Waals surface area contributed by atoms with Gasteiger partial charge >= 0.3 is 0 Å². The summed E-state index contributed by atoms with van der Waals surface area (Å²) in [4.78, 5) is 0. The number of methoxy groups -OCH3 is 3. The molecule has 0 spiro atoms. The predicted octanol–water partition coefficient (Wildman–Crippen LogP) is 3.56. The summed E-state index contributed by atoms with van der Waals surface area (Å²) in [6.07, 6.45) is 2.35. The van der Waals surface area contributed by atoms with Crippen molar-refractivity contribution in [1.29, 1.82) is 0 Å². The van der Waals surface area contributed by atoms with Crippen LogP contribution in [0.4, 0.5) is 5.69 Å². The Morgan fingerprint density at radius 2 is 1.47 bits per heavy atom. The minimum atomic E-state index is 0.623. The van der Waals surface area contributed by atoms with Crippen LogP contribution in [-0.4, -0.2) is 27.9 Å². The predicted molar refractivity (Wildman–Crippen MR) is 78.7 cm³/mol. The van der Waals surface area contributed by atoms with Crippen LogP contribution in [0.2, 0.25) is 0 Å². The largest absolute Gasteiger partial charge is 0.493 e. The molecule has 0 radical (unpaired) electrons. The summed E-state index contributed by atoms with van der Waals surface area (Å²) >= 11 is 0. The third-order valence-electron chi connectivity index (χ3n) is 3.41. The summed E-state index contributed by atoms with van der Waals surface area (Å²) in [7, 11) is 4.86. The first-order valence-electron chi connectivity index (χ1n) is 6.73. The van der Waals surface area contributed by atoms with Gasteiger partial charge in [0.15, 0.2) is 11.5 Å². The molecular weight excluding hydrogens is 242 g/mol. The minimum Gasteiger partial charge on any atom is -0.493 e. The Morgan fingerprint density at radius 1 is 0.947 bits per heavy atom. The average Bonchev–Trinajstić information content (AvgIpc) is 2.46. The van der Waals surface area contributed by atoms with Gasteiger partial charge in [-0.1, -0.05) is 26.7 Å². The summed E-state index contributed by atoms with van der Waals surface area (Å²) < 4.78 is 16.0. The highest BCUT2D eigenvalue weighted by Gasteiger charge is 2.13. The van der Waals surface area contributed by atoms with E-state index < -0.39 is 0 Å². The van der Waals surface area contributed by atoms with Crippen molar-refractivity contribution in [2.24, 2.45) is 5.92 Å². The highest BCUT2D eigenvalue weighted by molar-refractivity contribution is 5.62. The molecule has 1 rings (SSSR count). The van der Waals surface area contributed by atoms with E-state index in [2.05, 4.69) is 19.2 Å².